The van der Waals surface area contributed by atoms with Crippen molar-refractivity contribution >= 4 is 13.4 Å². The van der Waals surface area contributed by atoms with Gasteiger partial charge in [-0.1, -0.05) is 43.3 Å². The largest absolute Gasteiger partial charge is 0.360 e. The maximum Gasteiger partial charge on any atom is 0.335 e. The van der Waals surface area contributed by atoms with Gasteiger partial charge < -0.3 is 13.6 Å². The first-order chi connectivity index (χ1) is 13.1. The first-order valence-electron chi connectivity index (χ1n) is 9.53. The van der Waals surface area contributed by atoms with Crippen LogP contribution >= 0.6 is 7.60 Å². The summed E-state index contributed by atoms with van der Waals surface area (Å²) in [6, 6.07) is 7.16. The fourth-order valence-corrected chi connectivity index (χ4v) is 4.75. The van der Waals surface area contributed by atoms with Crippen LogP contribution < -0.4 is 0 Å². The Kier molecular flexibility index (Phi) is 6.64. The van der Waals surface area contributed by atoms with E-state index in [-0.39, 0.29) is 17.9 Å². The highest BCUT2D eigenvalue weighted by Crippen LogP contribution is 2.52. The number of nitrogens with zero attached hydrogens (tertiary/aromatic N) is 1. The topological polar surface area (TPSA) is 78.6 Å². The van der Waals surface area contributed by atoms with E-state index < -0.39 is 7.60 Å². The van der Waals surface area contributed by atoms with Crippen molar-refractivity contribution in [2.45, 2.75) is 51.6 Å². The summed E-state index contributed by atoms with van der Waals surface area (Å²) in [5.74, 6) is 0.777. The lowest BCUT2D eigenvalue weighted by Crippen LogP contribution is -2.08. The third kappa shape index (κ3) is 4.95. The fraction of sp³-hybridized carbons (Fsp3) is 0.500. The lowest BCUT2D eigenvalue weighted by atomic mass is 9.99. The molecule has 1 aliphatic rings. The monoisotopic (exact) mass is 391 g/mol. The van der Waals surface area contributed by atoms with Crippen LogP contribution in [-0.4, -0.2) is 24.2 Å². The van der Waals surface area contributed by atoms with Gasteiger partial charge in [-0.2, -0.15) is 0 Å². The van der Waals surface area contributed by atoms with Gasteiger partial charge >= 0.3 is 7.60 Å². The molecule has 1 heterocycles. The number of hydrogen-bond donors (Lipinski definition) is 0. The van der Waals surface area contributed by atoms with Crippen LogP contribution in [0.2, 0.25) is 0 Å². The van der Waals surface area contributed by atoms with Crippen LogP contribution in [0, 0.1) is 0 Å². The van der Waals surface area contributed by atoms with Crippen LogP contribution in [-0.2, 0) is 19.8 Å². The molecule has 146 valence electrons. The Labute approximate surface area is 159 Å². The summed E-state index contributed by atoms with van der Waals surface area (Å²) in [5, 5.41) is 3.82. The number of ketones is 1. The summed E-state index contributed by atoms with van der Waals surface area (Å²) in [6.45, 7) is 4.61. The van der Waals surface area contributed by atoms with Gasteiger partial charge in [-0.25, -0.2) is 0 Å². The van der Waals surface area contributed by atoms with Crippen molar-refractivity contribution in [3.8, 4) is 0 Å². The standard InChI is InChI=1S/C20H26NO5P/c1-3-11-24-27(23,25-12-4-2)14-16-7-5-6-8-17(16)19(22)18-13-21-26-20(18)15-9-10-15/h5-8,13,15H,3-4,9-12,14H2,1-2H3. The van der Waals surface area contributed by atoms with Gasteiger partial charge in [-0.15, -0.1) is 0 Å². The van der Waals surface area contributed by atoms with Gasteiger partial charge in [-0.3, -0.25) is 9.36 Å². The van der Waals surface area contributed by atoms with Crippen LogP contribution in [0.1, 0.15) is 72.7 Å². The number of hydrogen-bond acceptors (Lipinski definition) is 6. The maximum absolute atomic E-state index is 13.2. The Balaban J connectivity index is 1.87. The molecule has 27 heavy (non-hydrogen) atoms. The number of carbonyl (C=O) groups is 1. The molecule has 0 saturated heterocycles. The van der Waals surface area contributed by atoms with Gasteiger partial charge in [0.25, 0.3) is 0 Å². The van der Waals surface area contributed by atoms with E-state index in [2.05, 4.69) is 5.16 Å². The molecule has 0 spiro atoms. The molecule has 6 nitrogen and oxygen atoms in total. The predicted octanol–water partition coefficient (Wildman–Crippen LogP) is 5.33. The summed E-state index contributed by atoms with van der Waals surface area (Å²) in [5.41, 5.74) is 1.63. The van der Waals surface area contributed by atoms with Gasteiger partial charge in [0.1, 0.15) is 0 Å². The van der Waals surface area contributed by atoms with E-state index in [1.165, 1.54) is 6.20 Å². The molecule has 1 aliphatic carbocycles. The second-order valence-electron chi connectivity index (χ2n) is 6.80. The van der Waals surface area contributed by atoms with Crippen LogP contribution in [0.4, 0.5) is 0 Å². The average molecular weight is 391 g/mol. The molecule has 1 aromatic carbocycles. The number of carbonyl (C=O) groups excluding carboxylic acids is 1. The minimum absolute atomic E-state index is 0.0684. The third-order valence-electron chi connectivity index (χ3n) is 4.40. The van der Waals surface area contributed by atoms with E-state index in [9.17, 15) is 9.36 Å². The van der Waals surface area contributed by atoms with Gasteiger partial charge in [0, 0.05) is 11.5 Å². The Morgan fingerprint density at radius 3 is 2.44 bits per heavy atom. The molecule has 0 atom stereocenters. The fourth-order valence-electron chi connectivity index (χ4n) is 2.88. The molecule has 0 N–H and O–H groups in total. The van der Waals surface area contributed by atoms with Crippen molar-refractivity contribution in [1.82, 2.24) is 5.16 Å². The zero-order valence-corrected chi connectivity index (χ0v) is 16.7. The summed E-state index contributed by atoms with van der Waals surface area (Å²) in [4.78, 5) is 13.1. The van der Waals surface area contributed by atoms with E-state index >= 15 is 0 Å². The summed E-state index contributed by atoms with van der Waals surface area (Å²) < 4.78 is 29.6. The van der Waals surface area contributed by atoms with Gasteiger partial charge in [0.2, 0.25) is 0 Å². The molecule has 3 rings (SSSR count). The molecular weight excluding hydrogens is 365 g/mol. The van der Waals surface area contributed by atoms with Crippen LogP contribution in [0.3, 0.4) is 0 Å². The highest BCUT2D eigenvalue weighted by molar-refractivity contribution is 7.53. The zero-order chi connectivity index (χ0) is 19.3. The van der Waals surface area contributed by atoms with Crippen LogP contribution in [0.15, 0.2) is 35.0 Å². The first kappa shape index (κ1) is 20.0. The van der Waals surface area contributed by atoms with Crippen molar-refractivity contribution in [2.24, 2.45) is 0 Å². The Morgan fingerprint density at radius 1 is 1.15 bits per heavy atom. The van der Waals surface area contributed by atoms with E-state index in [4.69, 9.17) is 13.6 Å². The highest BCUT2D eigenvalue weighted by atomic mass is 31.2. The molecule has 2 aromatic rings. The SMILES string of the molecule is CCCOP(=O)(Cc1ccccc1C(=O)c1cnoc1C1CC1)OCCC. The normalized spacial score (nSPS) is 14.4. The van der Waals surface area contributed by atoms with Crippen molar-refractivity contribution in [1.29, 1.82) is 0 Å². The quantitative estimate of drug-likeness (QED) is 0.381. The first-order valence-corrected chi connectivity index (χ1v) is 11.3. The molecule has 1 aromatic heterocycles. The average Bonchev–Trinajstić information content (AvgIpc) is 3.41. The molecule has 0 amide bonds. The van der Waals surface area contributed by atoms with Crippen molar-refractivity contribution in [2.75, 3.05) is 13.2 Å². The molecule has 7 heteroatoms. The lowest BCUT2D eigenvalue weighted by molar-refractivity contribution is 0.103. The maximum atomic E-state index is 13.2. The molecule has 0 radical (unpaired) electrons. The minimum Gasteiger partial charge on any atom is -0.360 e. The second kappa shape index (κ2) is 8.96. The molecule has 0 aliphatic heterocycles. The Morgan fingerprint density at radius 2 is 1.81 bits per heavy atom. The molecule has 0 unspecified atom stereocenters. The van der Waals surface area contributed by atoms with Gasteiger partial charge in [0.15, 0.2) is 11.5 Å². The van der Waals surface area contributed by atoms with Crippen molar-refractivity contribution in [3.05, 3.63) is 52.9 Å². The zero-order valence-electron chi connectivity index (χ0n) is 15.8. The van der Waals surface area contributed by atoms with E-state index in [0.29, 0.717) is 35.7 Å². The Bertz CT molecular complexity index is 815. The van der Waals surface area contributed by atoms with Gasteiger partial charge in [0.05, 0.1) is 31.1 Å². The molecule has 1 fully saturated rings. The lowest BCUT2D eigenvalue weighted by Gasteiger charge is -2.19. The van der Waals surface area contributed by atoms with Crippen LogP contribution in [0.5, 0.6) is 0 Å². The van der Waals surface area contributed by atoms with E-state index in [1.54, 1.807) is 18.2 Å². The number of benzene rings is 1. The Hall–Kier alpha value is -1.75. The molecular formula is C20H26NO5P. The smallest absolute Gasteiger partial charge is 0.335 e. The minimum atomic E-state index is -3.33. The summed E-state index contributed by atoms with van der Waals surface area (Å²) >= 11 is 0. The third-order valence-corrected chi connectivity index (χ3v) is 6.28. The van der Waals surface area contributed by atoms with E-state index in [1.807, 2.05) is 19.9 Å². The number of aromatic nitrogens is 1. The number of rotatable bonds is 11. The van der Waals surface area contributed by atoms with Crippen molar-refractivity contribution in [3.63, 3.8) is 0 Å². The summed E-state index contributed by atoms with van der Waals surface area (Å²) in [6.07, 6.45) is 5.06. The molecule has 1 saturated carbocycles. The predicted molar refractivity (Wildman–Crippen MR) is 102 cm³/mol. The molecule has 0 bridgehead atoms. The van der Waals surface area contributed by atoms with Crippen molar-refractivity contribution < 1.29 is 22.9 Å². The van der Waals surface area contributed by atoms with Gasteiger partial charge in [-0.05, 0) is 31.2 Å². The second-order valence-corrected chi connectivity index (χ2v) is 8.85. The summed E-state index contributed by atoms with van der Waals surface area (Å²) in [7, 11) is -3.33. The highest BCUT2D eigenvalue weighted by Gasteiger charge is 2.34. The van der Waals surface area contributed by atoms with E-state index in [0.717, 1.165) is 25.7 Å². The van der Waals surface area contributed by atoms with Crippen LogP contribution in [0.25, 0.3) is 0 Å².